The minimum atomic E-state index is 0.974. The molecule has 0 fully saturated rings. The molecule has 0 saturated carbocycles. The molecule has 0 saturated heterocycles. The van der Waals surface area contributed by atoms with E-state index in [4.69, 9.17) is 4.74 Å². The summed E-state index contributed by atoms with van der Waals surface area (Å²) in [4.78, 5) is 0. The van der Waals surface area contributed by atoms with Crippen LogP contribution < -0.4 is 4.74 Å². The highest BCUT2D eigenvalue weighted by atomic mass is 16.5. The van der Waals surface area contributed by atoms with Gasteiger partial charge in [0.15, 0.2) is 0 Å². The van der Waals surface area contributed by atoms with Gasteiger partial charge in [-0.05, 0) is 67.4 Å². The lowest BCUT2D eigenvalue weighted by atomic mass is 9.88. The first-order valence-electron chi connectivity index (χ1n) is 6.82. The summed E-state index contributed by atoms with van der Waals surface area (Å²) in [5.74, 6) is 0.974. The number of benzene rings is 1. The van der Waals surface area contributed by atoms with Crippen LogP contribution in [0.5, 0.6) is 5.75 Å². The third-order valence-corrected chi connectivity index (χ3v) is 3.57. The minimum absolute atomic E-state index is 0.974. The van der Waals surface area contributed by atoms with E-state index in [1.165, 1.54) is 36.0 Å². The van der Waals surface area contributed by atoms with Crippen LogP contribution in [0.2, 0.25) is 0 Å². The van der Waals surface area contributed by atoms with E-state index in [0.717, 1.165) is 25.0 Å². The molecule has 1 nitrogen and oxygen atoms in total. The highest BCUT2D eigenvalue weighted by molar-refractivity contribution is 5.70. The van der Waals surface area contributed by atoms with Crippen molar-refractivity contribution in [2.45, 2.75) is 38.5 Å². The zero-order chi connectivity index (χ0) is 12.8. The Labute approximate surface area is 110 Å². The number of aryl methyl sites for hydroxylation is 1. The van der Waals surface area contributed by atoms with Crippen molar-refractivity contribution in [3.63, 3.8) is 0 Å². The maximum Gasteiger partial charge on any atom is 0.119 e. The Morgan fingerprint density at radius 2 is 2.22 bits per heavy atom. The number of fused-ring (bicyclic) bond motifs is 1. The third-order valence-electron chi connectivity index (χ3n) is 3.57. The summed E-state index contributed by atoms with van der Waals surface area (Å²) in [5, 5.41) is 0. The van der Waals surface area contributed by atoms with Crippen LogP contribution >= 0.6 is 0 Å². The molecule has 96 valence electrons. The van der Waals surface area contributed by atoms with Crippen molar-refractivity contribution >= 4 is 5.57 Å². The summed E-state index contributed by atoms with van der Waals surface area (Å²) >= 11 is 0. The van der Waals surface area contributed by atoms with Crippen LogP contribution in [0.4, 0.5) is 0 Å². The van der Waals surface area contributed by atoms with E-state index in [1.54, 1.807) is 7.11 Å². The largest absolute Gasteiger partial charge is 0.497 e. The van der Waals surface area contributed by atoms with Gasteiger partial charge in [0, 0.05) is 0 Å². The Kier molecular flexibility index (Phi) is 4.63. The molecule has 0 atom stereocenters. The normalized spacial score (nSPS) is 13.7. The van der Waals surface area contributed by atoms with Crippen LogP contribution in [0.3, 0.4) is 0 Å². The summed E-state index contributed by atoms with van der Waals surface area (Å²) in [6, 6.07) is 6.47. The highest BCUT2D eigenvalue weighted by Gasteiger charge is 2.12. The van der Waals surface area contributed by atoms with E-state index >= 15 is 0 Å². The average molecular weight is 242 g/mol. The molecular formula is C17H22O. The molecule has 1 heteroatoms. The van der Waals surface area contributed by atoms with Gasteiger partial charge in [0.25, 0.3) is 0 Å². The van der Waals surface area contributed by atoms with Crippen molar-refractivity contribution in [3.8, 4) is 5.75 Å². The maximum absolute atomic E-state index is 5.30. The third kappa shape index (κ3) is 3.04. The standard InChI is InChI=1S/C17H22O/c1-3-4-5-6-8-14-9-7-10-15-13-16(18-2)11-12-17(14)15/h3,9,11-13H,1,4-8,10H2,2H3. The fourth-order valence-corrected chi connectivity index (χ4v) is 2.57. The quantitative estimate of drug-likeness (QED) is 0.515. The van der Waals surface area contributed by atoms with Gasteiger partial charge >= 0.3 is 0 Å². The Morgan fingerprint density at radius 1 is 1.33 bits per heavy atom. The smallest absolute Gasteiger partial charge is 0.119 e. The second-order valence-electron chi connectivity index (χ2n) is 4.83. The molecule has 1 aromatic carbocycles. The van der Waals surface area contributed by atoms with Crippen LogP contribution in [-0.2, 0) is 6.42 Å². The molecular weight excluding hydrogens is 220 g/mol. The van der Waals surface area contributed by atoms with Gasteiger partial charge in [-0.25, -0.2) is 0 Å². The van der Waals surface area contributed by atoms with Crippen LogP contribution in [0.25, 0.3) is 5.57 Å². The number of hydrogen-bond acceptors (Lipinski definition) is 1. The van der Waals surface area contributed by atoms with Gasteiger partial charge < -0.3 is 4.74 Å². The summed E-state index contributed by atoms with van der Waals surface area (Å²) in [6.07, 6.45) is 11.5. The number of unbranched alkanes of at least 4 members (excludes halogenated alkanes) is 2. The number of hydrogen-bond donors (Lipinski definition) is 0. The van der Waals surface area contributed by atoms with Crippen LogP contribution in [0.15, 0.2) is 36.9 Å². The predicted octanol–water partition coefficient (Wildman–Crippen LogP) is 4.77. The maximum atomic E-state index is 5.30. The Balaban J connectivity index is 2.06. The van der Waals surface area contributed by atoms with Gasteiger partial charge in [0.05, 0.1) is 7.11 Å². The molecule has 0 spiro atoms. The average Bonchev–Trinajstić information content (AvgIpc) is 2.43. The number of allylic oxidation sites excluding steroid dienone is 3. The molecule has 1 aliphatic rings. The van der Waals surface area contributed by atoms with E-state index in [1.807, 2.05) is 6.08 Å². The number of ether oxygens (including phenoxy) is 1. The summed E-state index contributed by atoms with van der Waals surface area (Å²) < 4.78 is 5.30. The van der Waals surface area contributed by atoms with Gasteiger partial charge in [-0.2, -0.15) is 0 Å². The molecule has 1 aromatic rings. The summed E-state index contributed by atoms with van der Waals surface area (Å²) in [5.41, 5.74) is 4.39. The van der Waals surface area contributed by atoms with Crippen molar-refractivity contribution in [2.75, 3.05) is 7.11 Å². The Hall–Kier alpha value is -1.50. The van der Waals surface area contributed by atoms with E-state index in [0.29, 0.717) is 0 Å². The molecule has 0 N–H and O–H groups in total. The lowest BCUT2D eigenvalue weighted by Gasteiger charge is -2.18. The molecule has 18 heavy (non-hydrogen) atoms. The van der Waals surface area contributed by atoms with Crippen molar-refractivity contribution in [1.82, 2.24) is 0 Å². The van der Waals surface area contributed by atoms with Crippen LogP contribution in [0.1, 0.15) is 43.2 Å². The van der Waals surface area contributed by atoms with Gasteiger partial charge in [0.2, 0.25) is 0 Å². The van der Waals surface area contributed by atoms with E-state index < -0.39 is 0 Å². The molecule has 0 heterocycles. The van der Waals surface area contributed by atoms with E-state index in [-0.39, 0.29) is 0 Å². The van der Waals surface area contributed by atoms with Gasteiger partial charge in [-0.3, -0.25) is 0 Å². The minimum Gasteiger partial charge on any atom is -0.497 e. The van der Waals surface area contributed by atoms with Crippen molar-refractivity contribution in [2.24, 2.45) is 0 Å². The second kappa shape index (κ2) is 6.44. The fourth-order valence-electron chi connectivity index (χ4n) is 2.57. The first-order valence-corrected chi connectivity index (χ1v) is 6.82. The van der Waals surface area contributed by atoms with Crippen molar-refractivity contribution < 1.29 is 4.74 Å². The van der Waals surface area contributed by atoms with E-state index in [2.05, 4.69) is 30.9 Å². The zero-order valence-corrected chi connectivity index (χ0v) is 11.2. The van der Waals surface area contributed by atoms with Crippen molar-refractivity contribution in [3.05, 3.63) is 48.1 Å². The zero-order valence-electron chi connectivity index (χ0n) is 11.2. The molecule has 0 unspecified atom stereocenters. The topological polar surface area (TPSA) is 9.23 Å². The lowest BCUT2D eigenvalue weighted by molar-refractivity contribution is 0.414. The predicted molar refractivity (Wildman–Crippen MR) is 78.0 cm³/mol. The monoisotopic (exact) mass is 242 g/mol. The van der Waals surface area contributed by atoms with Crippen LogP contribution in [-0.4, -0.2) is 7.11 Å². The molecule has 0 amide bonds. The first-order chi connectivity index (χ1) is 8.85. The van der Waals surface area contributed by atoms with Crippen LogP contribution in [0, 0.1) is 0 Å². The molecule has 0 radical (unpaired) electrons. The summed E-state index contributed by atoms with van der Waals surface area (Å²) in [6.45, 7) is 3.77. The van der Waals surface area contributed by atoms with Crippen molar-refractivity contribution in [1.29, 1.82) is 0 Å². The molecule has 1 aliphatic carbocycles. The molecule has 0 aromatic heterocycles. The molecule has 0 bridgehead atoms. The second-order valence-corrected chi connectivity index (χ2v) is 4.83. The van der Waals surface area contributed by atoms with Gasteiger partial charge in [-0.15, -0.1) is 6.58 Å². The molecule has 2 rings (SSSR count). The van der Waals surface area contributed by atoms with Gasteiger partial charge in [-0.1, -0.05) is 18.2 Å². The lowest BCUT2D eigenvalue weighted by Crippen LogP contribution is -2.00. The highest BCUT2D eigenvalue weighted by Crippen LogP contribution is 2.32. The Bertz CT molecular complexity index is 443. The van der Waals surface area contributed by atoms with E-state index in [9.17, 15) is 0 Å². The molecule has 0 aliphatic heterocycles. The Morgan fingerprint density at radius 3 is 3.00 bits per heavy atom. The summed E-state index contributed by atoms with van der Waals surface area (Å²) in [7, 11) is 1.73. The first kappa shape index (κ1) is 12.9. The number of rotatable bonds is 6. The fraction of sp³-hybridized carbons (Fsp3) is 0.412. The van der Waals surface area contributed by atoms with Gasteiger partial charge in [0.1, 0.15) is 5.75 Å². The number of methoxy groups -OCH3 is 1. The SMILES string of the molecule is C=CCCCCC1=CCCc2cc(OC)ccc21.